The summed E-state index contributed by atoms with van der Waals surface area (Å²) in [6.45, 7) is 8.15. The average Bonchev–Trinajstić information content (AvgIpc) is 2.89. The molecule has 1 amide bonds. The first-order valence-corrected chi connectivity index (χ1v) is 7.24. The van der Waals surface area contributed by atoms with Crippen LogP contribution in [0.3, 0.4) is 0 Å². The monoisotopic (exact) mass is 273 g/mol. The Labute approximate surface area is 120 Å². The molecule has 0 aliphatic heterocycles. The van der Waals surface area contributed by atoms with Gasteiger partial charge in [0.25, 0.3) is 0 Å². The van der Waals surface area contributed by atoms with Gasteiger partial charge in [-0.25, -0.2) is 0 Å². The number of hydrogen-bond acceptors (Lipinski definition) is 2. The first-order chi connectivity index (χ1) is 9.67. The largest absolute Gasteiger partial charge is 0.361 e. The first-order valence-electron chi connectivity index (χ1n) is 7.24. The maximum Gasteiger partial charge on any atom is 0.239 e. The van der Waals surface area contributed by atoms with Crippen molar-refractivity contribution >= 4 is 16.8 Å². The Morgan fingerprint density at radius 3 is 2.70 bits per heavy atom. The van der Waals surface area contributed by atoms with Crippen molar-refractivity contribution in [2.45, 2.75) is 33.4 Å². The number of fused-ring (bicyclic) bond motifs is 1. The smallest absolute Gasteiger partial charge is 0.239 e. The summed E-state index contributed by atoms with van der Waals surface area (Å²) in [5.41, 5.74) is 2.33. The molecule has 1 atom stereocenters. The Kier molecular flexibility index (Phi) is 4.79. The van der Waals surface area contributed by atoms with Crippen LogP contribution in [0.4, 0.5) is 0 Å². The summed E-state index contributed by atoms with van der Waals surface area (Å²) in [6.07, 6.45) is 2.01. The molecule has 1 heterocycles. The van der Waals surface area contributed by atoms with E-state index < -0.39 is 0 Å². The highest BCUT2D eigenvalue weighted by Gasteiger charge is 2.17. The minimum absolute atomic E-state index is 0.162. The molecule has 1 unspecified atom stereocenters. The highest BCUT2D eigenvalue weighted by Crippen LogP contribution is 2.17. The molecule has 0 spiro atoms. The lowest BCUT2D eigenvalue weighted by molar-refractivity contribution is -0.132. The zero-order chi connectivity index (χ0) is 14.5. The molecule has 2 rings (SSSR count). The molecule has 2 aromatic rings. The number of nitrogens with one attached hydrogen (secondary N) is 2. The molecule has 0 aliphatic carbocycles. The second-order valence-electron chi connectivity index (χ2n) is 4.97. The molecule has 0 fully saturated rings. The molecule has 1 aromatic heterocycles. The molecule has 0 radical (unpaired) electrons. The average molecular weight is 273 g/mol. The molecular weight excluding hydrogens is 250 g/mol. The zero-order valence-electron chi connectivity index (χ0n) is 12.4. The number of carbonyl (C=O) groups excluding carboxylic acids is 1. The third-order valence-electron chi connectivity index (χ3n) is 3.72. The van der Waals surface area contributed by atoms with E-state index in [-0.39, 0.29) is 11.9 Å². The van der Waals surface area contributed by atoms with Crippen molar-refractivity contribution in [3.63, 3.8) is 0 Å². The minimum Gasteiger partial charge on any atom is -0.361 e. The Bertz CT molecular complexity index is 572. The maximum atomic E-state index is 12.2. The summed E-state index contributed by atoms with van der Waals surface area (Å²) in [5.74, 6) is 0.162. The van der Waals surface area contributed by atoms with E-state index in [1.807, 2.05) is 44.0 Å². The lowest BCUT2D eigenvalue weighted by Crippen LogP contribution is -2.44. The molecular formula is C16H23N3O. The number of benzene rings is 1. The zero-order valence-corrected chi connectivity index (χ0v) is 12.4. The molecule has 20 heavy (non-hydrogen) atoms. The number of para-hydroxylation sites is 1. The Hall–Kier alpha value is -1.81. The topological polar surface area (TPSA) is 48.1 Å². The van der Waals surface area contributed by atoms with E-state index in [0.717, 1.165) is 18.6 Å². The van der Waals surface area contributed by atoms with Crippen molar-refractivity contribution in [2.75, 3.05) is 13.1 Å². The predicted molar refractivity (Wildman–Crippen MR) is 82.5 cm³/mol. The van der Waals surface area contributed by atoms with Crippen molar-refractivity contribution in [3.05, 3.63) is 36.0 Å². The van der Waals surface area contributed by atoms with E-state index >= 15 is 0 Å². The SMILES string of the molecule is CCN(CC)C(=O)C(C)NCc1c[nH]c2ccccc12. The fourth-order valence-electron chi connectivity index (χ4n) is 2.44. The van der Waals surface area contributed by atoms with Crippen molar-refractivity contribution < 1.29 is 4.79 Å². The molecule has 4 heteroatoms. The number of carbonyl (C=O) groups is 1. The van der Waals surface area contributed by atoms with Gasteiger partial charge in [-0.2, -0.15) is 0 Å². The minimum atomic E-state index is -0.163. The summed E-state index contributed by atoms with van der Waals surface area (Å²) in [5, 5.41) is 4.53. The summed E-state index contributed by atoms with van der Waals surface area (Å²) >= 11 is 0. The summed E-state index contributed by atoms with van der Waals surface area (Å²) in [7, 11) is 0. The Balaban J connectivity index is 2.00. The van der Waals surface area contributed by atoms with Gasteiger partial charge in [0.1, 0.15) is 0 Å². The van der Waals surface area contributed by atoms with Crippen LogP contribution >= 0.6 is 0 Å². The van der Waals surface area contributed by atoms with Crippen LogP contribution < -0.4 is 5.32 Å². The number of rotatable bonds is 6. The third kappa shape index (κ3) is 3.02. The molecule has 108 valence electrons. The molecule has 4 nitrogen and oxygen atoms in total. The molecule has 0 saturated carbocycles. The van der Waals surface area contributed by atoms with Gasteiger partial charge in [0, 0.05) is 36.7 Å². The van der Waals surface area contributed by atoms with E-state index in [0.29, 0.717) is 6.54 Å². The van der Waals surface area contributed by atoms with Crippen molar-refractivity contribution in [1.29, 1.82) is 0 Å². The Morgan fingerprint density at radius 2 is 2.00 bits per heavy atom. The number of likely N-dealkylation sites (N-methyl/N-ethyl adjacent to an activating group) is 1. The van der Waals surface area contributed by atoms with Crippen LogP contribution in [0.5, 0.6) is 0 Å². The molecule has 1 aromatic carbocycles. The standard InChI is InChI=1S/C16H23N3O/c1-4-19(5-2)16(20)12(3)17-10-13-11-18-15-9-7-6-8-14(13)15/h6-9,11-12,17-18H,4-5,10H2,1-3H3. The number of hydrogen-bond donors (Lipinski definition) is 2. The number of nitrogens with zero attached hydrogens (tertiary/aromatic N) is 1. The van der Waals surface area contributed by atoms with Crippen LogP contribution in [0.2, 0.25) is 0 Å². The van der Waals surface area contributed by atoms with Gasteiger partial charge < -0.3 is 15.2 Å². The van der Waals surface area contributed by atoms with Crippen LogP contribution in [-0.4, -0.2) is 34.9 Å². The van der Waals surface area contributed by atoms with Gasteiger partial charge >= 0.3 is 0 Å². The quantitative estimate of drug-likeness (QED) is 0.849. The predicted octanol–water partition coefficient (Wildman–Crippen LogP) is 2.51. The summed E-state index contributed by atoms with van der Waals surface area (Å²) in [4.78, 5) is 17.3. The van der Waals surface area contributed by atoms with Gasteiger partial charge in [0.05, 0.1) is 6.04 Å². The van der Waals surface area contributed by atoms with Crippen LogP contribution in [0.1, 0.15) is 26.3 Å². The van der Waals surface area contributed by atoms with Crippen LogP contribution in [0, 0.1) is 0 Å². The van der Waals surface area contributed by atoms with Gasteiger partial charge in [0.2, 0.25) is 5.91 Å². The second-order valence-corrected chi connectivity index (χ2v) is 4.97. The van der Waals surface area contributed by atoms with E-state index in [1.165, 1.54) is 10.9 Å². The van der Waals surface area contributed by atoms with E-state index in [4.69, 9.17) is 0 Å². The number of aromatic amines is 1. The van der Waals surface area contributed by atoms with Gasteiger partial charge in [-0.3, -0.25) is 4.79 Å². The lowest BCUT2D eigenvalue weighted by atomic mass is 10.1. The fourth-order valence-corrected chi connectivity index (χ4v) is 2.44. The van der Waals surface area contributed by atoms with Crippen LogP contribution in [0.25, 0.3) is 10.9 Å². The first kappa shape index (κ1) is 14.6. The lowest BCUT2D eigenvalue weighted by Gasteiger charge is -2.23. The van der Waals surface area contributed by atoms with Crippen LogP contribution in [-0.2, 0) is 11.3 Å². The molecule has 0 aliphatic rings. The molecule has 2 N–H and O–H groups in total. The van der Waals surface area contributed by atoms with E-state index in [2.05, 4.69) is 22.4 Å². The maximum absolute atomic E-state index is 12.2. The molecule has 0 saturated heterocycles. The van der Waals surface area contributed by atoms with Gasteiger partial charge in [-0.1, -0.05) is 18.2 Å². The van der Waals surface area contributed by atoms with Crippen LogP contribution in [0.15, 0.2) is 30.5 Å². The number of H-pyrrole nitrogens is 1. The summed E-state index contributed by atoms with van der Waals surface area (Å²) in [6, 6.07) is 8.04. The highest BCUT2D eigenvalue weighted by molar-refractivity contribution is 5.83. The number of amides is 1. The highest BCUT2D eigenvalue weighted by atomic mass is 16.2. The van der Waals surface area contributed by atoms with E-state index in [1.54, 1.807) is 0 Å². The van der Waals surface area contributed by atoms with Crippen molar-refractivity contribution in [3.8, 4) is 0 Å². The van der Waals surface area contributed by atoms with Gasteiger partial charge in [-0.05, 0) is 32.4 Å². The Morgan fingerprint density at radius 1 is 1.30 bits per heavy atom. The van der Waals surface area contributed by atoms with Gasteiger partial charge in [0.15, 0.2) is 0 Å². The molecule has 0 bridgehead atoms. The number of aromatic nitrogens is 1. The summed E-state index contributed by atoms with van der Waals surface area (Å²) < 4.78 is 0. The van der Waals surface area contributed by atoms with Crippen molar-refractivity contribution in [1.82, 2.24) is 15.2 Å². The van der Waals surface area contributed by atoms with Crippen molar-refractivity contribution in [2.24, 2.45) is 0 Å². The normalized spacial score (nSPS) is 12.6. The second kappa shape index (κ2) is 6.57. The van der Waals surface area contributed by atoms with E-state index in [9.17, 15) is 4.79 Å². The third-order valence-corrected chi connectivity index (χ3v) is 3.72. The fraction of sp³-hybridized carbons (Fsp3) is 0.438. The van der Waals surface area contributed by atoms with Gasteiger partial charge in [-0.15, -0.1) is 0 Å².